The summed E-state index contributed by atoms with van der Waals surface area (Å²) in [6, 6.07) is 8.91. The zero-order chi connectivity index (χ0) is 12.1. The highest BCUT2D eigenvalue weighted by molar-refractivity contribution is 6.07. The van der Waals surface area contributed by atoms with Crippen molar-refractivity contribution in [3.63, 3.8) is 0 Å². The maximum absolute atomic E-state index is 11.8. The highest BCUT2D eigenvalue weighted by atomic mass is 16.5. The molecule has 1 aliphatic rings. The van der Waals surface area contributed by atoms with E-state index in [0.717, 1.165) is 0 Å². The van der Waals surface area contributed by atoms with Crippen LogP contribution in [0.15, 0.2) is 30.3 Å². The molecule has 1 aliphatic heterocycles. The molecule has 4 heteroatoms. The number of nitrogens with zero attached hydrogens (tertiary/aromatic N) is 1. The van der Waals surface area contributed by atoms with E-state index in [4.69, 9.17) is 4.74 Å². The van der Waals surface area contributed by atoms with Crippen molar-refractivity contribution < 1.29 is 14.3 Å². The summed E-state index contributed by atoms with van der Waals surface area (Å²) in [4.78, 5) is 25.3. The second-order valence-corrected chi connectivity index (χ2v) is 3.96. The molecule has 1 aromatic carbocycles. The number of carbonyl (C=O) groups excluding carboxylic acids is 2. The molecule has 17 heavy (non-hydrogen) atoms. The van der Waals surface area contributed by atoms with Crippen molar-refractivity contribution >= 4 is 11.7 Å². The first kappa shape index (κ1) is 11.8. The Labute approximate surface area is 100 Å². The lowest BCUT2D eigenvalue weighted by atomic mass is 10.1. The fourth-order valence-electron chi connectivity index (χ4n) is 1.79. The van der Waals surface area contributed by atoms with Crippen molar-refractivity contribution in [2.45, 2.75) is 6.42 Å². The number of ketones is 1. The zero-order valence-corrected chi connectivity index (χ0v) is 9.59. The number of ether oxygens (including phenoxy) is 1. The zero-order valence-electron chi connectivity index (χ0n) is 9.59. The number of rotatable bonds is 3. The molecular weight excluding hydrogens is 218 g/mol. The van der Waals surface area contributed by atoms with Gasteiger partial charge in [-0.25, -0.2) is 0 Å². The SMILES string of the molecule is O=C(CC(=O)N1CCOCC1)c1ccccc1. The molecule has 0 bridgehead atoms. The van der Waals surface area contributed by atoms with Gasteiger partial charge >= 0.3 is 0 Å². The first-order valence-electron chi connectivity index (χ1n) is 5.71. The van der Waals surface area contributed by atoms with Crippen molar-refractivity contribution in [1.82, 2.24) is 4.90 Å². The predicted molar refractivity (Wildman–Crippen MR) is 62.8 cm³/mol. The standard InChI is InChI=1S/C13H15NO3/c15-12(11-4-2-1-3-5-11)10-13(16)14-6-8-17-9-7-14/h1-5H,6-10H2. The molecule has 1 amide bonds. The van der Waals surface area contributed by atoms with Crippen LogP contribution >= 0.6 is 0 Å². The second-order valence-electron chi connectivity index (χ2n) is 3.96. The summed E-state index contributed by atoms with van der Waals surface area (Å²) in [5.41, 5.74) is 0.592. The Bertz CT molecular complexity index is 396. The summed E-state index contributed by atoms with van der Waals surface area (Å²) < 4.78 is 5.16. The predicted octanol–water partition coefficient (Wildman–Crippen LogP) is 1.12. The Morgan fingerprint density at radius 3 is 2.41 bits per heavy atom. The Balaban J connectivity index is 1.92. The third kappa shape index (κ3) is 3.14. The molecule has 1 heterocycles. The average Bonchev–Trinajstić information content (AvgIpc) is 2.40. The molecule has 90 valence electrons. The minimum Gasteiger partial charge on any atom is -0.378 e. The second kappa shape index (κ2) is 5.59. The van der Waals surface area contributed by atoms with E-state index in [0.29, 0.717) is 31.9 Å². The number of hydrogen-bond donors (Lipinski definition) is 0. The van der Waals surface area contributed by atoms with Gasteiger partial charge in [0, 0.05) is 18.7 Å². The number of carbonyl (C=O) groups is 2. The molecule has 0 aliphatic carbocycles. The van der Waals surface area contributed by atoms with E-state index in [2.05, 4.69) is 0 Å². The summed E-state index contributed by atoms with van der Waals surface area (Å²) in [7, 11) is 0. The number of benzene rings is 1. The summed E-state index contributed by atoms with van der Waals surface area (Å²) in [5.74, 6) is -0.232. The van der Waals surface area contributed by atoms with Crippen molar-refractivity contribution in [2.75, 3.05) is 26.3 Å². The van der Waals surface area contributed by atoms with Crippen LogP contribution in [-0.2, 0) is 9.53 Å². The maximum Gasteiger partial charge on any atom is 0.230 e. The topological polar surface area (TPSA) is 46.6 Å². The molecule has 0 aromatic heterocycles. The molecule has 0 N–H and O–H groups in total. The number of Topliss-reactive ketones (excluding diaryl/α,β-unsaturated/α-hetero) is 1. The van der Waals surface area contributed by atoms with Gasteiger partial charge < -0.3 is 9.64 Å². The van der Waals surface area contributed by atoms with Gasteiger partial charge in [0.2, 0.25) is 5.91 Å². The van der Waals surface area contributed by atoms with E-state index in [1.54, 1.807) is 29.2 Å². The molecule has 0 unspecified atom stereocenters. The summed E-state index contributed by atoms with van der Waals surface area (Å²) in [6.07, 6.45) is -0.0516. The Hall–Kier alpha value is -1.68. The molecule has 2 rings (SSSR count). The van der Waals surface area contributed by atoms with Gasteiger partial charge in [0.05, 0.1) is 19.6 Å². The van der Waals surface area contributed by atoms with Gasteiger partial charge in [-0.2, -0.15) is 0 Å². The fourth-order valence-corrected chi connectivity index (χ4v) is 1.79. The van der Waals surface area contributed by atoms with Crippen LogP contribution < -0.4 is 0 Å². The van der Waals surface area contributed by atoms with E-state index >= 15 is 0 Å². The molecule has 0 saturated carbocycles. The quantitative estimate of drug-likeness (QED) is 0.580. The Morgan fingerprint density at radius 2 is 1.76 bits per heavy atom. The van der Waals surface area contributed by atoms with Gasteiger partial charge in [0.15, 0.2) is 5.78 Å². The summed E-state index contributed by atoms with van der Waals surface area (Å²) in [5, 5.41) is 0. The number of amides is 1. The van der Waals surface area contributed by atoms with Crippen molar-refractivity contribution in [2.24, 2.45) is 0 Å². The van der Waals surface area contributed by atoms with Gasteiger partial charge in [-0.15, -0.1) is 0 Å². The van der Waals surface area contributed by atoms with Gasteiger partial charge in [0.25, 0.3) is 0 Å². The summed E-state index contributed by atoms with van der Waals surface area (Å²) >= 11 is 0. The van der Waals surface area contributed by atoms with Crippen LogP contribution in [0, 0.1) is 0 Å². The first-order valence-corrected chi connectivity index (χ1v) is 5.71. The normalized spacial score (nSPS) is 15.6. The monoisotopic (exact) mass is 233 g/mol. The smallest absolute Gasteiger partial charge is 0.230 e. The number of hydrogen-bond acceptors (Lipinski definition) is 3. The largest absolute Gasteiger partial charge is 0.378 e. The minimum absolute atomic E-state index is 0.0516. The molecule has 1 saturated heterocycles. The average molecular weight is 233 g/mol. The Kier molecular flexibility index (Phi) is 3.88. The number of morpholine rings is 1. The molecule has 0 spiro atoms. The Morgan fingerprint density at radius 1 is 1.12 bits per heavy atom. The van der Waals surface area contributed by atoms with Crippen molar-refractivity contribution in [3.8, 4) is 0 Å². The van der Waals surface area contributed by atoms with Crippen LogP contribution in [-0.4, -0.2) is 42.9 Å². The third-order valence-corrected chi connectivity index (χ3v) is 2.77. The van der Waals surface area contributed by atoms with Gasteiger partial charge in [-0.05, 0) is 0 Å². The molecular formula is C13H15NO3. The van der Waals surface area contributed by atoms with Crippen LogP contribution in [0.2, 0.25) is 0 Å². The van der Waals surface area contributed by atoms with E-state index in [1.807, 2.05) is 6.07 Å². The van der Waals surface area contributed by atoms with Crippen LogP contribution in [0.5, 0.6) is 0 Å². The van der Waals surface area contributed by atoms with Gasteiger partial charge in [0.1, 0.15) is 0 Å². The van der Waals surface area contributed by atoms with Gasteiger partial charge in [-0.1, -0.05) is 30.3 Å². The minimum atomic E-state index is -0.123. The maximum atomic E-state index is 11.8. The highest BCUT2D eigenvalue weighted by Crippen LogP contribution is 2.06. The van der Waals surface area contributed by atoms with Crippen LogP contribution in [0.1, 0.15) is 16.8 Å². The van der Waals surface area contributed by atoms with Crippen molar-refractivity contribution in [1.29, 1.82) is 0 Å². The highest BCUT2D eigenvalue weighted by Gasteiger charge is 2.19. The lowest BCUT2D eigenvalue weighted by Gasteiger charge is -2.26. The molecule has 0 radical (unpaired) electrons. The van der Waals surface area contributed by atoms with E-state index in [1.165, 1.54) is 0 Å². The van der Waals surface area contributed by atoms with Crippen LogP contribution in [0.3, 0.4) is 0 Å². The molecule has 1 aromatic rings. The lowest BCUT2D eigenvalue weighted by Crippen LogP contribution is -2.41. The van der Waals surface area contributed by atoms with Crippen molar-refractivity contribution in [3.05, 3.63) is 35.9 Å². The summed E-state index contributed by atoms with van der Waals surface area (Å²) in [6.45, 7) is 2.29. The van der Waals surface area contributed by atoms with E-state index < -0.39 is 0 Å². The third-order valence-electron chi connectivity index (χ3n) is 2.77. The van der Waals surface area contributed by atoms with E-state index in [-0.39, 0.29) is 18.1 Å². The van der Waals surface area contributed by atoms with Crippen LogP contribution in [0.4, 0.5) is 0 Å². The van der Waals surface area contributed by atoms with E-state index in [9.17, 15) is 9.59 Å². The molecule has 1 fully saturated rings. The van der Waals surface area contributed by atoms with Crippen LogP contribution in [0.25, 0.3) is 0 Å². The van der Waals surface area contributed by atoms with Gasteiger partial charge in [-0.3, -0.25) is 9.59 Å². The molecule has 4 nitrogen and oxygen atoms in total. The first-order chi connectivity index (χ1) is 8.27. The molecule has 0 atom stereocenters. The lowest BCUT2D eigenvalue weighted by molar-refractivity contribution is -0.134. The fraction of sp³-hybridized carbons (Fsp3) is 0.385.